The molecule has 0 atom stereocenters. The van der Waals surface area contributed by atoms with E-state index in [-0.39, 0.29) is 0 Å². The number of methoxy groups -OCH3 is 1. The van der Waals surface area contributed by atoms with Gasteiger partial charge in [0.1, 0.15) is 0 Å². The topological polar surface area (TPSA) is 50.8 Å². The summed E-state index contributed by atoms with van der Waals surface area (Å²) in [5.74, 6) is 1.82. The SMILES string of the molecule is CCOc1c(CNCCCN2CCCC2=O)cc(Br)cc1OC. The molecule has 1 aliphatic heterocycles. The number of hydrogen-bond acceptors (Lipinski definition) is 4. The summed E-state index contributed by atoms with van der Waals surface area (Å²) in [6, 6.07) is 3.96. The lowest BCUT2D eigenvalue weighted by atomic mass is 10.2. The lowest BCUT2D eigenvalue weighted by Crippen LogP contribution is -2.28. The van der Waals surface area contributed by atoms with Crippen LogP contribution in [0, 0.1) is 0 Å². The zero-order valence-corrected chi connectivity index (χ0v) is 15.4. The first kappa shape index (κ1) is 18.1. The minimum absolute atomic E-state index is 0.292. The van der Waals surface area contributed by atoms with E-state index in [1.165, 1.54) is 0 Å². The number of likely N-dealkylation sites (tertiary alicyclic amines) is 1. The number of benzene rings is 1. The van der Waals surface area contributed by atoms with Gasteiger partial charge in [0.15, 0.2) is 11.5 Å². The van der Waals surface area contributed by atoms with Crippen molar-refractivity contribution in [3.05, 3.63) is 22.2 Å². The smallest absolute Gasteiger partial charge is 0.222 e. The molecule has 1 aromatic carbocycles. The van der Waals surface area contributed by atoms with E-state index >= 15 is 0 Å². The van der Waals surface area contributed by atoms with E-state index in [0.29, 0.717) is 25.5 Å². The fourth-order valence-corrected chi connectivity index (χ4v) is 3.26. The molecule has 0 radical (unpaired) electrons. The number of hydrogen-bond donors (Lipinski definition) is 1. The second kappa shape index (κ2) is 9.13. The molecule has 1 aromatic rings. The standard InChI is InChI=1S/C17H25BrN2O3/c1-3-23-17-13(10-14(18)11-15(17)22-2)12-19-7-5-9-20-8-4-6-16(20)21/h10-11,19H,3-9,12H2,1-2H3. The average molecular weight is 385 g/mol. The highest BCUT2D eigenvalue weighted by molar-refractivity contribution is 9.10. The third-order valence-corrected chi connectivity index (χ3v) is 4.33. The number of halogens is 1. The molecular weight excluding hydrogens is 360 g/mol. The predicted molar refractivity (Wildman–Crippen MR) is 94.0 cm³/mol. The Hall–Kier alpha value is -1.27. The highest BCUT2D eigenvalue weighted by atomic mass is 79.9. The van der Waals surface area contributed by atoms with Gasteiger partial charge < -0.3 is 19.7 Å². The summed E-state index contributed by atoms with van der Waals surface area (Å²) in [4.78, 5) is 13.5. The van der Waals surface area contributed by atoms with Crippen LogP contribution in [-0.2, 0) is 11.3 Å². The van der Waals surface area contributed by atoms with Crippen molar-refractivity contribution < 1.29 is 14.3 Å². The number of rotatable bonds is 9. The van der Waals surface area contributed by atoms with Gasteiger partial charge in [-0.1, -0.05) is 15.9 Å². The van der Waals surface area contributed by atoms with Gasteiger partial charge >= 0.3 is 0 Å². The number of ether oxygens (including phenoxy) is 2. The highest BCUT2D eigenvalue weighted by Gasteiger charge is 2.19. The monoisotopic (exact) mass is 384 g/mol. The van der Waals surface area contributed by atoms with Gasteiger partial charge in [-0.2, -0.15) is 0 Å². The molecule has 0 aliphatic carbocycles. The van der Waals surface area contributed by atoms with Crippen molar-refractivity contribution in [3.63, 3.8) is 0 Å². The molecule has 23 heavy (non-hydrogen) atoms. The minimum Gasteiger partial charge on any atom is -0.493 e. The van der Waals surface area contributed by atoms with Crippen molar-refractivity contribution in [2.45, 2.75) is 32.7 Å². The molecule has 2 rings (SSSR count). The molecule has 6 heteroatoms. The van der Waals surface area contributed by atoms with Crippen LogP contribution in [0.25, 0.3) is 0 Å². The normalized spacial score (nSPS) is 14.4. The second-order valence-electron chi connectivity index (χ2n) is 5.54. The average Bonchev–Trinajstić information content (AvgIpc) is 2.94. The summed E-state index contributed by atoms with van der Waals surface area (Å²) < 4.78 is 12.1. The zero-order chi connectivity index (χ0) is 16.7. The maximum atomic E-state index is 11.6. The molecule has 0 unspecified atom stereocenters. The van der Waals surface area contributed by atoms with Crippen molar-refractivity contribution in [1.82, 2.24) is 10.2 Å². The molecule has 1 N–H and O–H groups in total. The maximum absolute atomic E-state index is 11.6. The van der Waals surface area contributed by atoms with E-state index in [9.17, 15) is 4.79 Å². The van der Waals surface area contributed by atoms with Gasteiger partial charge in [0.2, 0.25) is 5.91 Å². The molecule has 1 amide bonds. The van der Waals surface area contributed by atoms with Crippen LogP contribution in [0.5, 0.6) is 11.5 Å². The van der Waals surface area contributed by atoms with Crippen LogP contribution >= 0.6 is 15.9 Å². The second-order valence-corrected chi connectivity index (χ2v) is 6.46. The summed E-state index contributed by atoms with van der Waals surface area (Å²) in [6.45, 7) is 5.89. The first-order valence-corrected chi connectivity index (χ1v) is 8.92. The van der Waals surface area contributed by atoms with Gasteiger partial charge in [0.25, 0.3) is 0 Å². The molecule has 0 saturated carbocycles. The van der Waals surface area contributed by atoms with Gasteiger partial charge in [-0.25, -0.2) is 0 Å². The van der Waals surface area contributed by atoms with Crippen LogP contribution in [0.4, 0.5) is 0 Å². The quantitative estimate of drug-likeness (QED) is 0.664. The highest BCUT2D eigenvalue weighted by Crippen LogP contribution is 2.34. The van der Waals surface area contributed by atoms with E-state index in [0.717, 1.165) is 54.0 Å². The maximum Gasteiger partial charge on any atom is 0.222 e. The summed E-state index contributed by atoms with van der Waals surface area (Å²) >= 11 is 3.51. The van der Waals surface area contributed by atoms with E-state index in [1.807, 2.05) is 24.0 Å². The number of nitrogens with one attached hydrogen (secondary N) is 1. The number of carbonyl (C=O) groups is 1. The Morgan fingerprint density at radius 1 is 1.39 bits per heavy atom. The molecule has 1 heterocycles. The Labute approximate surface area is 146 Å². The van der Waals surface area contributed by atoms with Gasteiger partial charge in [-0.3, -0.25) is 4.79 Å². The predicted octanol–water partition coefficient (Wildman–Crippen LogP) is 2.96. The molecule has 1 fully saturated rings. The summed E-state index contributed by atoms with van der Waals surface area (Å²) in [7, 11) is 1.65. The van der Waals surface area contributed by atoms with Crippen LogP contribution in [0.2, 0.25) is 0 Å². The van der Waals surface area contributed by atoms with Crippen LogP contribution in [0.15, 0.2) is 16.6 Å². The minimum atomic E-state index is 0.292. The molecule has 0 spiro atoms. The summed E-state index contributed by atoms with van der Waals surface area (Å²) in [6.07, 6.45) is 2.67. The van der Waals surface area contributed by atoms with Crippen LogP contribution in [0.1, 0.15) is 31.7 Å². The van der Waals surface area contributed by atoms with Crippen molar-refractivity contribution in [2.75, 3.05) is 33.4 Å². The lowest BCUT2D eigenvalue weighted by molar-refractivity contribution is -0.127. The Bertz CT molecular complexity index is 537. The van der Waals surface area contributed by atoms with E-state index < -0.39 is 0 Å². The number of nitrogens with zero attached hydrogens (tertiary/aromatic N) is 1. The molecule has 1 aliphatic rings. The van der Waals surface area contributed by atoms with E-state index in [2.05, 4.69) is 21.2 Å². The van der Waals surface area contributed by atoms with E-state index in [1.54, 1.807) is 7.11 Å². The molecular formula is C17H25BrN2O3. The summed E-state index contributed by atoms with van der Waals surface area (Å²) in [5, 5.41) is 3.42. The zero-order valence-electron chi connectivity index (χ0n) is 13.9. The molecule has 0 aromatic heterocycles. The van der Waals surface area contributed by atoms with Crippen LogP contribution in [0.3, 0.4) is 0 Å². The van der Waals surface area contributed by atoms with Crippen LogP contribution < -0.4 is 14.8 Å². The first-order valence-electron chi connectivity index (χ1n) is 8.13. The van der Waals surface area contributed by atoms with E-state index in [4.69, 9.17) is 9.47 Å². The Kier molecular flexibility index (Phi) is 7.17. The molecule has 5 nitrogen and oxygen atoms in total. The van der Waals surface area contributed by atoms with Crippen molar-refractivity contribution >= 4 is 21.8 Å². The van der Waals surface area contributed by atoms with Crippen LogP contribution in [-0.4, -0.2) is 44.2 Å². The fourth-order valence-electron chi connectivity index (χ4n) is 2.77. The Morgan fingerprint density at radius 3 is 2.87 bits per heavy atom. The van der Waals surface area contributed by atoms with Gasteiger partial charge in [0, 0.05) is 36.1 Å². The first-order chi connectivity index (χ1) is 11.2. The van der Waals surface area contributed by atoms with Crippen molar-refractivity contribution in [2.24, 2.45) is 0 Å². The summed E-state index contributed by atoms with van der Waals surface area (Å²) in [5.41, 5.74) is 1.07. The molecule has 128 valence electrons. The molecule has 1 saturated heterocycles. The lowest BCUT2D eigenvalue weighted by Gasteiger charge is -2.17. The van der Waals surface area contributed by atoms with Crippen molar-refractivity contribution in [1.29, 1.82) is 0 Å². The fraction of sp³-hybridized carbons (Fsp3) is 0.588. The third kappa shape index (κ3) is 5.11. The Balaban J connectivity index is 1.84. The van der Waals surface area contributed by atoms with Gasteiger partial charge in [-0.15, -0.1) is 0 Å². The van der Waals surface area contributed by atoms with Gasteiger partial charge in [-0.05, 0) is 38.4 Å². The number of carbonyl (C=O) groups excluding carboxylic acids is 1. The van der Waals surface area contributed by atoms with Gasteiger partial charge in [0.05, 0.1) is 13.7 Å². The molecule has 0 bridgehead atoms. The van der Waals surface area contributed by atoms with Crippen molar-refractivity contribution in [3.8, 4) is 11.5 Å². The number of amides is 1. The largest absolute Gasteiger partial charge is 0.493 e. The third-order valence-electron chi connectivity index (χ3n) is 3.87. The Morgan fingerprint density at radius 2 is 2.22 bits per heavy atom.